The number of aliphatic carboxylic acids is 2. The molecule has 0 atom stereocenters. The van der Waals surface area contributed by atoms with Crippen molar-refractivity contribution in [2.75, 3.05) is 4.43 Å². The van der Waals surface area contributed by atoms with Crippen molar-refractivity contribution >= 4 is 34.5 Å². The zero-order chi connectivity index (χ0) is 22.0. The molecule has 0 saturated carbocycles. The van der Waals surface area contributed by atoms with E-state index in [0.717, 1.165) is 49.4 Å². The largest absolute Gasteiger partial charge is 0.481 e. The topological polar surface area (TPSA) is 74.6 Å². The molecule has 0 spiro atoms. The van der Waals surface area contributed by atoms with E-state index in [-0.39, 0.29) is 0 Å². The first-order valence-corrected chi connectivity index (χ1v) is 12.5. The zero-order valence-electron chi connectivity index (χ0n) is 18.2. The Kier molecular flexibility index (Phi) is 27.9. The third kappa shape index (κ3) is 34.8. The summed E-state index contributed by atoms with van der Waals surface area (Å²) in [5.74, 6) is -1.38. The maximum atomic E-state index is 10.3. The molecular weight excluding hydrogens is 479 g/mol. The van der Waals surface area contributed by atoms with Gasteiger partial charge in [-0.15, -0.1) is 0 Å². The van der Waals surface area contributed by atoms with Gasteiger partial charge < -0.3 is 10.2 Å². The molecule has 0 aliphatic heterocycles. The van der Waals surface area contributed by atoms with E-state index >= 15 is 0 Å². The number of carboxylic acid groups (broad SMARTS) is 2. The maximum absolute atomic E-state index is 10.3. The number of halogens is 1. The summed E-state index contributed by atoms with van der Waals surface area (Å²) in [6.45, 7) is 2.24. The molecule has 0 aromatic heterocycles. The summed E-state index contributed by atoms with van der Waals surface area (Å²) in [6.07, 6.45) is 27.4. The molecule has 0 unspecified atom stereocenters. The van der Waals surface area contributed by atoms with E-state index in [2.05, 4.69) is 66.0 Å². The fraction of sp³-hybridized carbons (Fsp3) is 0.667. The van der Waals surface area contributed by atoms with Gasteiger partial charge in [0.15, 0.2) is 0 Å². The summed E-state index contributed by atoms with van der Waals surface area (Å²) in [6, 6.07) is 0. The smallest absolute Gasteiger partial charge is 0.303 e. The van der Waals surface area contributed by atoms with Crippen LogP contribution in [0.1, 0.15) is 96.8 Å². The summed E-state index contributed by atoms with van der Waals surface area (Å²) >= 11 is 2.16. The Morgan fingerprint density at radius 3 is 1.55 bits per heavy atom. The van der Waals surface area contributed by atoms with Crippen LogP contribution in [0.5, 0.6) is 0 Å². The van der Waals surface area contributed by atoms with Crippen molar-refractivity contribution in [3.05, 3.63) is 36.5 Å². The zero-order valence-corrected chi connectivity index (χ0v) is 20.3. The molecule has 0 aliphatic rings. The molecule has 0 saturated heterocycles. The fourth-order valence-electron chi connectivity index (χ4n) is 2.40. The Balaban J connectivity index is 0. The first kappa shape index (κ1) is 30.1. The van der Waals surface area contributed by atoms with Crippen molar-refractivity contribution in [2.45, 2.75) is 96.8 Å². The Hall–Kier alpha value is -1.11. The number of allylic oxidation sites excluding steroid dienone is 6. The molecule has 0 aromatic rings. The fourth-order valence-corrected chi connectivity index (χ4v) is 2.78. The molecule has 0 rings (SSSR count). The lowest BCUT2D eigenvalue weighted by molar-refractivity contribution is -0.138. The molecule has 0 fully saturated rings. The molecule has 5 heteroatoms. The SMILES string of the molecule is CCCCCC=CCC=CCC=CCCCCCCC(=O)O.O=C(O)CCCI. The maximum Gasteiger partial charge on any atom is 0.303 e. The van der Waals surface area contributed by atoms with Crippen LogP contribution in [0.4, 0.5) is 0 Å². The number of carboxylic acids is 2. The van der Waals surface area contributed by atoms with E-state index in [1.54, 1.807) is 0 Å². The predicted molar refractivity (Wildman–Crippen MR) is 132 cm³/mol. The van der Waals surface area contributed by atoms with E-state index in [1.807, 2.05) is 0 Å². The van der Waals surface area contributed by atoms with Crippen molar-refractivity contribution in [3.8, 4) is 0 Å². The number of unbranched alkanes of at least 4 members (excludes halogenated alkanes) is 7. The molecular formula is C24H41IO4. The summed E-state index contributed by atoms with van der Waals surface area (Å²) in [5, 5.41) is 16.6. The highest BCUT2D eigenvalue weighted by Crippen LogP contribution is 2.06. The minimum absolute atomic E-state index is 0.308. The second-order valence-corrected chi connectivity index (χ2v) is 7.99. The monoisotopic (exact) mass is 520 g/mol. The molecule has 0 heterocycles. The molecule has 0 amide bonds. The molecule has 168 valence electrons. The van der Waals surface area contributed by atoms with Crippen molar-refractivity contribution in [2.24, 2.45) is 0 Å². The summed E-state index contributed by atoms with van der Waals surface area (Å²) in [5.41, 5.74) is 0. The number of rotatable bonds is 18. The van der Waals surface area contributed by atoms with Crippen LogP contribution in [0.25, 0.3) is 0 Å². The standard InChI is InChI=1S/C20H34O2.C4H7IO2/c1-2-3-4-5-6-7-8-9-10-11-12-13-14-15-16-17-18-19-20(21)22;5-3-1-2-4(6)7/h6-7,9-10,12-13H,2-5,8,11,14-19H2,1H3,(H,21,22);1-3H2,(H,6,7). The summed E-state index contributed by atoms with van der Waals surface area (Å²) < 4.78 is 0.935. The number of hydrogen-bond donors (Lipinski definition) is 2. The van der Waals surface area contributed by atoms with E-state index in [9.17, 15) is 9.59 Å². The van der Waals surface area contributed by atoms with Crippen LogP contribution in [0.15, 0.2) is 36.5 Å². The molecule has 2 N–H and O–H groups in total. The molecule has 0 radical (unpaired) electrons. The van der Waals surface area contributed by atoms with Gasteiger partial charge in [-0.1, -0.05) is 91.7 Å². The third-order valence-corrected chi connectivity index (χ3v) is 4.82. The minimum Gasteiger partial charge on any atom is -0.481 e. The van der Waals surface area contributed by atoms with Crippen molar-refractivity contribution in [1.29, 1.82) is 0 Å². The minimum atomic E-state index is -0.698. The Bertz CT molecular complexity index is 456. The van der Waals surface area contributed by atoms with Crippen LogP contribution in [0.2, 0.25) is 0 Å². The van der Waals surface area contributed by atoms with Crippen LogP contribution in [-0.4, -0.2) is 26.6 Å². The van der Waals surface area contributed by atoms with Crippen LogP contribution in [-0.2, 0) is 9.59 Å². The van der Waals surface area contributed by atoms with Gasteiger partial charge in [-0.05, 0) is 51.4 Å². The lowest BCUT2D eigenvalue weighted by Gasteiger charge is -1.96. The molecule has 4 nitrogen and oxygen atoms in total. The number of alkyl halides is 1. The van der Waals surface area contributed by atoms with Gasteiger partial charge in [0.2, 0.25) is 0 Å². The highest BCUT2D eigenvalue weighted by Gasteiger charge is 1.95. The van der Waals surface area contributed by atoms with Gasteiger partial charge in [0.1, 0.15) is 0 Å². The van der Waals surface area contributed by atoms with Gasteiger partial charge in [-0.25, -0.2) is 0 Å². The molecule has 0 bridgehead atoms. The quantitative estimate of drug-likeness (QED) is 0.0840. The van der Waals surface area contributed by atoms with Crippen LogP contribution in [0, 0.1) is 0 Å². The van der Waals surface area contributed by atoms with Crippen molar-refractivity contribution in [1.82, 2.24) is 0 Å². The van der Waals surface area contributed by atoms with Crippen LogP contribution >= 0.6 is 22.6 Å². The van der Waals surface area contributed by atoms with Crippen molar-refractivity contribution < 1.29 is 19.8 Å². The average Bonchev–Trinajstić information content (AvgIpc) is 2.69. The normalized spacial score (nSPS) is 11.2. The lowest BCUT2D eigenvalue weighted by atomic mass is 10.1. The summed E-state index contributed by atoms with van der Waals surface area (Å²) in [4.78, 5) is 20.1. The molecule has 0 aliphatic carbocycles. The summed E-state index contributed by atoms with van der Waals surface area (Å²) in [7, 11) is 0. The lowest BCUT2D eigenvalue weighted by Crippen LogP contribution is -1.93. The first-order valence-electron chi connectivity index (χ1n) is 11.0. The molecule has 29 heavy (non-hydrogen) atoms. The number of carbonyl (C=O) groups is 2. The Morgan fingerprint density at radius 2 is 1.10 bits per heavy atom. The van der Waals surface area contributed by atoms with Gasteiger partial charge in [0.25, 0.3) is 0 Å². The highest BCUT2D eigenvalue weighted by molar-refractivity contribution is 14.1. The Labute approximate surface area is 191 Å². The second kappa shape index (κ2) is 26.9. The van der Waals surface area contributed by atoms with Gasteiger partial charge in [0.05, 0.1) is 0 Å². The van der Waals surface area contributed by atoms with Crippen LogP contribution in [0.3, 0.4) is 0 Å². The predicted octanol–water partition coefficient (Wildman–Crippen LogP) is 7.73. The van der Waals surface area contributed by atoms with E-state index < -0.39 is 11.9 Å². The van der Waals surface area contributed by atoms with Crippen LogP contribution < -0.4 is 0 Å². The van der Waals surface area contributed by atoms with Gasteiger partial charge in [-0.3, -0.25) is 9.59 Å². The first-order chi connectivity index (χ1) is 14.0. The van der Waals surface area contributed by atoms with E-state index in [1.165, 1.54) is 32.1 Å². The molecule has 0 aromatic carbocycles. The van der Waals surface area contributed by atoms with Gasteiger partial charge in [-0.2, -0.15) is 0 Å². The van der Waals surface area contributed by atoms with Crippen molar-refractivity contribution in [3.63, 3.8) is 0 Å². The second-order valence-electron chi connectivity index (χ2n) is 6.91. The van der Waals surface area contributed by atoms with E-state index in [0.29, 0.717) is 12.8 Å². The number of hydrogen-bond acceptors (Lipinski definition) is 2. The van der Waals surface area contributed by atoms with Gasteiger partial charge >= 0.3 is 11.9 Å². The van der Waals surface area contributed by atoms with E-state index in [4.69, 9.17) is 10.2 Å². The highest BCUT2D eigenvalue weighted by atomic mass is 127. The third-order valence-electron chi connectivity index (χ3n) is 4.05. The average molecular weight is 520 g/mol. The Morgan fingerprint density at radius 1 is 0.655 bits per heavy atom. The van der Waals surface area contributed by atoms with Gasteiger partial charge in [0, 0.05) is 17.3 Å².